The number of hydrogen-bond acceptors (Lipinski definition) is 6. The third-order valence-corrected chi connectivity index (χ3v) is 5.27. The van der Waals surface area contributed by atoms with Gasteiger partial charge in [-0.05, 0) is 18.6 Å². The quantitative estimate of drug-likeness (QED) is 0.759. The Morgan fingerprint density at radius 1 is 1.19 bits per heavy atom. The summed E-state index contributed by atoms with van der Waals surface area (Å²) in [5.41, 5.74) is 0.428. The highest BCUT2D eigenvalue weighted by Crippen LogP contribution is 2.27. The second kappa shape index (κ2) is 7.59. The van der Waals surface area contributed by atoms with Crippen LogP contribution < -0.4 is 0 Å². The van der Waals surface area contributed by atoms with E-state index in [-0.39, 0.29) is 24.1 Å². The molecule has 0 bridgehead atoms. The van der Waals surface area contributed by atoms with Crippen LogP contribution in [-0.4, -0.2) is 96.3 Å². The van der Waals surface area contributed by atoms with Crippen molar-refractivity contribution in [3.63, 3.8) is 0 Å². The van der Waals surface area contributed by atoms with Gasteiger partial charge >= 0.3 is 6.09 Å². The summed E-state index contributed by atoms with van der Waals surface area (Å²) < 4.78 is 10.9. The van der Waals surface area contributed by atoms with Gasteiger partial charge in [-0.15, -0.1) is 0 Å². The molecule has 0 aliphatic carbocycles. The first-order chi connectivity index (χ1) is 12.7. The molecule has 2 atom stereocenters. The summed E-state index contributed by atoms with van der Waals surface area (Å²) >= 11 is 0. The number of amides is 2. The molecule has 0 N–H and O–H groups in total. The van der Waals surface area contributed by atoms with E-state index in [1.807, 2.05) is 0 Å². The van der Waals surface area contributed by atoms with Crippen LogP contribution in [0.5, 0.6) is 0 Å². The molecule has 0 radical (unpaired) electrons. The highest BCUT2D eigenvalue weighted by Gasteiger charge is 2.48. The minimum absolute atomic E-state index is 0.0557. The monoisotopic (exact) mass is 360 g/mol. The zero-order chi connectivity index (χ0) is 17.9. The second-order valence-corrected chi connectivity index (χ2v) is 6.92. The topological polar surface area (TPSA) is 75.2 Å². The maximum atomic E-state index is 12.6. The lowest BCUT2D eigenvalue weighted by Crippen LogP contribution is -2.42. The fraction of sp³-hybridized carbons (Fsp3) is 0.611. The largest absolute Gasteiger partial charge is 0.442 e. The fourth-order valence-electron chi connectivity index (χ4n) is 3.87. The number of aromatic nitrogens is 1. The molecule has 0 saturated carbocycles. The molecule has 1 aromatic rings. The molecule has 1 aromatic heterocycles. The van der Waals surface area contributed by atoms with Crippen LogP contribution in [0.4, 0.5) is 4.79 Å². The molecule has 3 fully saturated rings. The Hall–Kier alpha value is -2.19. The van der Waals surface area contributed by atoms with E-state index >= 15 is 0 Å². The van der Waals surface area contributed by atoms with Crippen LogP contribution in [-0.2, 0) is 9.47 Å². The second-order valence-electron chi connectivity index (χ2n) is 6.92. The number of nitrogens with zero attached hydrogens (tertiary/aromatic N) is 4. The molecule has 0 unspecified atom stereocenters. The molecule has 140 valence electrons. The van der Waals surface area contributed by atoms with Gasteiger partial charge in [-0.2, -0.15) is 0 Å². The summed E-state index contributed by atoms with van der Waals surface area (Å²) in [5, 5.41) is 0. The normalized spacial score (nSPS) is 26.1. The fourth-order valence-corrected chi connectivity index (χ4v) is 3.87. The van der Waals surface area contributed by atoms with Gasteiger partial charge in [-0.25, -0.2) is 4.79 Å². The van der Waals surface area contributed by atoms with Crippen molar-refractivity contribution in [2.45, 2.75) is 18.6 Å². The lowest BCUT2D eigenvalue weighted by atomic mass is 10.2. The summed E-state index contributed by atoms with van der Waals surface area (Å²) in [4.78, 5) is 34.7. The van der Waals surface area contributed by atoms with Crippen molar-refractivity contribution in [1.29, 1.82) is 0 Å². The lowest BCUT2D eigenvalue weighted by Gasteiger charge is -2.28. The molecule has 0 aromatic carbocycles. The van der Waals surface area contributed by atoms with Crippen LogP contribution in [0, 0.1) is 0 Å². The summed E-state index contributed by atoms with van der Waals surface area (Å²) in [6.45, 7) is 5.99. The third kappa shape index (κ3) is 3.52. The molecular formula is C18H24N4O4. The zero-order valence-corrected chi connectivity index (χ0v) is 14.7. The van der Waals surface area contributed by atoms with Crippen molar-refractivity contribution in [3.8, 4) is 0 Å². The minimum atomic E-state index is -0.257. The van der Waals surface area contributed by atoms with E-state index in [2.05, 4.69) is 9.88 Å². The Morgan fingerprint density at radius 3 is 2.81 bits per heavy atom. The number of ether oxygens (including phenoxy) is 2. The molecule has 0 spiro atoms. The van der Waals surface area contributed by atoms with Crippen molar-refractivity contribution in [2.75, 3.05) is 52.5 Å². The molecule has 4 heterocycles. The van der Waals surface area contributed by atoms with Gasteiger partial charge < -0.3 is 14.4 Å². The van der Waals surface area contributed by atoms with Gasteiger partial charge in [0.25, 0.3) is 5.91 Å². The SMILES string of the molecule is O=C(c1ccccn1)N1C[C@H]2OC(=O)N(CCCN3CCOCC3)[C@H]2C1. The molecule has 26 heavy (non-hydrogen) atoms. The Labute approximate surface area is 152 Å². The average molecular weight is 360 g/mol. The van der Waals surface area contributed by atoms with E-state index < -0.39 is 0 Å². The van der Waals surface area contributed by atoms with E-state index in [1.165, 1.54) is 0 Å². The van der Waals surface area contributed by atoms with E-state index in [1.54, 1.807) is 34.2 Å². The molecule has 3 aliphatic rings. The van der Waals surface area contributed by atoms with E-state index in [4.69, 9.17) is 9.47 Å². The standard InChI is InChI=1S/C18H24N4O4/c23-17(14-4-1-2-5-19-14)21-12-15-16(13-21)26-18(24)22(15)7-3-6-20-8-10-25-11-9-20/h1-2,4-5,15-16H,3,6-13H2/t15-,16+/m0/s1. The predicted molar refractivity (Wildman–Crippen MR) is 92.8 cm³/mol. The van der Waals surface area contributed by atoms with Crippen molar-refractivity contribution in [1.82, 2.24) is 19.7 Å². The first kappa shape index (κ1) is 17.2. The molecular weight excluding hydrogens is 336 g/mol. The van der Waals surface area contributed by atoms with Gasteiger partial charge in [0, 0.05) is 38.9 Å². The summed E-state index contributed by atoms with van der Waals surface area (Å²) in [6.07, 6.45) is 2.01. The van der Waals surface area contributed by atoms with Crippen LogP contribution in [0.15, 0.2) is 24.4 Å². The number of carbonyl (C=O) groups excluding carboxylic acids is 2. The summed E-state index contributed by atoms with van der Waals surface area (Å²) in [7, 11) is 0. The van der Waals surface area contributed by atoms with Crippen LogP contribution >= 0.6 is 0 Å². The molecule has 3 saturated heterocycles. The maximum absolute atomic E-state index is 12.6. The highest BCUT2D eigenvalue weighted by atomic mass is 16.6. The number of rotatable bonds is 5. The van der Waals surface area contributed by atoms with Crippen molar-refractivity contribution in [2.24, 2.45) is 0 Å². The average Bonchev–Trinajstić information content (AvgIpc) is 3.21. The van der Waals surface area contributed by atoms with Crippen molar-refractivity contribution >= 4 is 12.0 Å². The maximum Gasteiger partial charge on any atom is 0.410 e. The number of morpholine rings is 1. The zero-order valence-electron chi connectivity index (χ0n) is 14.7. The Kier molecular flexibility index (Phi) is 5.03. The molecule has 8 nitrogen and oxygen atoms in total. The Bertz CT molecular complexity index is 650. The Balaban J connectivity index is 1.32. The van der Waals surface area contributed by atoms with Crippen LogP contribution in [0.3, 0.4) is 0 Å². The number of likely N-dealkylation sites (tertiary alicyclic amines) is 1. The van der Waals surface area contributed by atoms with Crippen molar-refractivity contribution in [3.05, 3.63) is 30.1 Å². The van der Waals surface area contributed by atoms with Gasteiger partial charge in [-0.1, -0.05) is 6.07 Å². The van der Waals surface area contributed by atoms with Gasteiger partial charge in [0.2, 0.25) is 0 Å². The summed E-state index contributed by atoms with van der Waals surface area (Å²) in [6, 6.07) is 5.24. The predicted octanol–water partition coefficient (Wildman–Crippen LogP) is 0.449. The highest BCUT2D eigenvalue weighted by molar-refractivity contribution is 5.92. The van der Waals surface area contributed by atoms with Crippen LogP contribution in [0.1, 0.15) is 16.9 Å². The molecule has 8 heteroatoms. The molecule has 3 aliphatic heterocycles. The minimum Gasteiger partial charge on any atom is -0.442 e. The number of fused-ring (bicyclic) bond motifs is 1. The number of pyridine rings is 1. The first-order valence-corrected chi connectivity index (χ1v) is 9.20. The van der Waals surface area contributed by atoms with Gasteiger partial charge in [0.15, 0.2) is 0 Å². The summed E-state index contributed by atoms with van der Waals surface area (Å²) in [5.74, 6) is -0.107. The van der Waals surface area contributed by atoms with E-state index in [0.29, 0.717) is 25.3 Å². The van der Waals surface area contributed by atoms with E-state index in [0.717, 1.165) is 39.3 Å². The van der Waals surface area contributed by atoms with Crippen LogP contribution in [0.25, 0.3) is 0 Å². The van der Waals surface area contributed by atoms with Crippen LogP contribution in [0.2, 0.25) is 0 Å². The first-order valence-electron chi connectivity index (χ1n) is 9.20. The third-order valence-electron chi connectivity index (χ3n) is 5.27. The van der Waals surface area contributed by atoms with Crippen molar-refractivity contribution < 1.29 is 19.1 Å². The Morgan fingerprint density at radius 2 is 2.04 bits per heavy atom. The smallest absolute Gasteiger partial charge is 0.410 e. The van der Waals surface area contributed by atoms with Gasteiger partial charge in [0.05, 0.1) is 25.8 Å². The van der Waals surface area contributed by atoms with Gasteiger partial charge in [-0.3, -0.25) is 19.6 Å². The number of carbonyl (C=O) groups is 2. The molecule has 4 rings (SSSR count). The van der Waals surface area contributed by atoms with Gasteiger partial charge in [0.1, 0.15) is 11.8 Å². The number of hydrogen-bond donors (Lipinski definition) is 0. The molecule has 2 amide bonds. The van der Waals surface area contributed by atoms with E-state index in [9.17, 15) is 9.59 Å². The lowest BCUT2D eigenvalue weighted by molar-refractivity contribution is 0.0362.